The lowest BCUT2D eigenvalue weighted by molar-refractivity contribution is -0.203. The monoisotopic (exact) mass is 442 g/mol. The van der Waals surface area contributed by atoms with E-state index in [1.807, 2.05) is 7.11 Å². The van der Waals surface area contributed by atoms with Gasteiger partial charge in [-0.2, -0.15) is 0 Å². The Bertz CT molecular complexity index is 788. The molecule has 2 aliphatic heterocycles. The van der Waals surface area contributed by atoms with Crippen LogP contribution in [0, 0.1) is 28.6 Å². The molecule has 4 nitrogen and oxygen atoms in total. The number of rotatable bonds is 1. The minimum atomic E-state index is -0.00852. The molecule has 180 valence electrons. The van der Waals surface area contributed by atoms with Crippen LogP contribution < -0.4 is 0 Å². The molecule has 2 spiro atoms. The zero-order chi connectivity index (χ0) is 22.4. The summed E-state index contributed by atoms with van der Waals surface area (Å²) in [4.78, 5) is 5.11. The largest absolute Gasteiger partial charge is 0.381 e. The topological polar surface area (TPSA) is 24.9 Å². The fraction of sp³-hybridized carbons (Fsp3) is 0.929. The van der Waals surface area contributed by atoms with Gasteiger partial charge in [0.2, 0.25) is 0 Å². The van der Waals surface area contributed by atoms with Crippen LogP contribution in [0.25, 0.3) is 0 Å². The van der Waals surface area contributed by atoms with E-state index in [0.29, 0.717) is 16.9 Å². The zero-order valence-electron chi connectivity index (χ0n) is 21.3. The molecule has 0 amide bonds. The summed E-state index contributed by atoms with van der Waals surface area (Å²) in [5, 5.41) is 0. The van der Waals surface area contributed by atoms with E-state index in [2.05, 4.69) is 43.8 Å². The van der Waals surface area contributed by atoms with Crippen LogP contribution in [0.2, 0.25) is 0 Å². The molecule has 0 bridgehead atoms. The van der Waals surface area contributed by atoms with Crippen LogP contribution in [0.15, 0.2) is 11.6 Å². The molecule has 4 aliphatic carbocycles. The van der Waals surface area contributed by atoms with Gasteiger partial charge in [0.15, 0.2) is 0 Å². The summed E-state index contributed by atoms with van der Waals surface area (Å²) in [7, 11) is 6.52. The Morgan fingerprint density at radius 2 is 1.72 bits per heavy atom. The van der Waals surface area contributed by atoms with Crippen molar-refractivity contribution in [1.29, 1.82) is 0 Å². The molecule has 0 N–H and O–H groups in total. The van der Waals surface area contributed by atoms with Gasteiger partial charge >= 0.3 is 0 Å². The summed E-state index contributed by atoms with van der Waals surface area (Å²) in [6.07, 6.45) is 15.9. The van der Waals surface area contributed by atoms with Gasteiger partial charge in [-0.25, -0.2) is 0 Å². The maximum Gasteiger partial charge on any atom is 0.124 e. The van der Waals surface area contributed by atoms with Crippen molar-refractivity contribution >= 4 is 0 Å². The van der Waals surface area contributed by atoms with Crippen LogP contribution in [-0.4, -0.2) is 68.1 Å². The molecule has 0 unspecified atom stereocenters. The van der Waals surface area contributed by atoms with Crippen LogP contribution in [0.5, 0.6) is 0 Å². The fourth-order valence-electron chi connectivity index (χ4n) is 9.80. The summed E-state index contributed by atoms with van der Waals surface area (Å²) < 4.78 is 13.2. The lowest BCUT2D eigenvalue weighted by atomic mass is 9.47. The molecule has 4 heteroatoms. The highest BCUT2D eigenvalue weighted by molar-refractivity contribution is 5.27. The van der Waals surface area contributed by atoms with Gasteiger partial charge in [-0.05, 0) is 88.6 Å². The summed E-state index contributed by atoms with van der Waals surface area (Å²) in [6, 6.07) is 0. The Morgan fingerprint density at radius 1 is 0.969 bits per heavy atom. The molecule has 0 aromatic rings. The van der Waals surface area contributed by atoms with E-state index in [-0.39, 0.29) is 11.3 Å². The summed E-state index contributed by atoms with van der Waals surface area (Å²) in [6.45, 7) is 8.74. The number of hydrogen-bond donors (Lipinski definition) is 0. The second-order valence-electron chi connectivity index (χ2n) is 13.1. The molecule has 3 saturated carbocycles. The predicted octanol–water partition coefficient (Wildman–Crippen LogP) is 5.09. The smallest absolute Gasteiger partial charge is 0.124 e. The predicted molar refractivity (Wildman–Crippen MR) is 128 cm³/mol. The number of piperidine rings is 1. The summed E-state index contributed by atoms with van der Waals surface area (Å²) in [5.41, 5.74) is 2.55. The molecule has 7 atom stereocenters. The molecule has 6 rings (SSSR count). The normalized spacial score (nSPS) is 50.8. The Labute approximate surface area is 196 Å². The number of fused-ring (bicyclic) bond motifs is 6. The van der Waals surface area contributed by atoms with Gasteiger partial charge in [-0.15, -0.1) is 0 Å². The van der Waals surface area contributed by atoms with Crippen molar-refractivity contribution in [2.45, 2.75) is 95.5 Å². The van der Waals surface area contributed by atoms with Gasteiger partial charge < -0.3 is 14.4 Å². The van der Waals surface area contributed by atoms with Crippen molar-refractivity contribution in [1.82, 2.24) is 9.80 Å². The highest BCUT2D eigenvalue weighted by Crippen LogP contribution is 2.69. The molecular formula is C28H46N2O2. The number of nitrogens with zero attached hydrogens (tertiary/aromatic N) is 2. The van der Waals surface area contributed by atoms with Gasteiger partial charge in [0.25, 0.3) is 0 Å². The maximum absolute atomic E-state index is 7.38. The Kier molecular flexibility index (Phi) is 5.03. The van der Waals surface area contributed by atoms with Gasteiger partial charge in [0.1, 0.15) is 5.72 Å². The van der Waals surface area contributed by atoms with Crippen molar-refractivity contribution in [2.24, 2.45) is 28.6 Å². The average Bonchev–Trinajstić information content (AvgIpc) is 3.22. The maximum atomic E-state index is 7.38. The minimum Gasteiger partial charge on any atom is -0.381 e. The van der Waals surface area contributed by atoms with Crippen LogP contribution in [0.1, 0.15) is 78.1 Å². The first kappa shape index (κ1) is 22.1. The molecular weight excluding hydrogens is 396 g/mol. The van der Waals surface area contributed by atoms with E-state index in [4.69, 9.17) is 9.47 Å². The van der Waals surface area contributed by atoms with Gasteiger partial charge in [0.05, 0.1) is 11.7 Å². The SMILES string of the molecule is CO[C@H]1CC[C@@]2(C)C(=CC[C@@H]3[C@H]4CC[C@]5(CN(C)C6(CCN(C)CC6)O5)[C@@]4(C)CC[C@@H]32)C1. The quantitative estimate of drug-likeness (QED) is 0.528. The number of methoxy groups -OCH3 is 1. The second kappa shape index (κ2) is 7.29. The Balaban J connectivity index is 1.28. The first-order valence-electron chi connectivity index (χ1n) is 13.6. The van der Waals surface area contributed by atoms with Gasteiger partial charge in [0, 0.05) is 45.0 Å². The minimum absolute atomic E-state index is 0.00852. The van der Waals surface area contributed by atoms with Crippen molar-refractivity contribution in [3.63, 3.8) is 0 Å². The Morgan fingerprint density at radius 3 is 2.47 bits per heavy atom. The number of likely N-dealkylation sites (N-methyl/N-ethyl adjacent to an activating group) is 1. The molecule has 0 radical (unpaired) electrons. The van der Waals surface area contributed by atoms with Crippen molar-refractivity contribution in [3.05, 3.63) is 11.6 Å². The van der Waals surface area contributed by atoms with Crippen LogP contribution in [0.4, 0.5) is 0 Å². The molecule has 0 aromatic heterocycles. The summed E-state index contributed by atoms with van der Waals surface area (Å²) in [5.74, 6) is 2.54. The van der Waals surface area contributed by atoms with Crippen molar-refractivity contribution < 1.29 is 9.47 Å². The van der Waals surface area contributed by atoms with Gasteiger partial charge in [-0.3, -0.25) is 4.90 Å². The standard InChI is InChI=1S/C28H46N2O2/c1-25-11-8-21(31-5)18-20(25)6-7-22-23(25)9-12-26(2)24(22)10-13-27(26)19-30(4)28(32-27)14-16-29(3)17-15-28/h6,21-24H,7-19H2,1-5H3/t21-,22-,23-,24+,25-,26-,27-/m0/s1. The van der Waals surface area contributed by atoms with E-state index < -0.39 is 0 Å². The first-order valence-corrected chi connectivity index (χ1v) is 13.6. The van der Waals surface area contributed by atoms with E-state index in [0.717, 1.165) is 24.3 Å². The highest BCUT2D eigenvalue weighted by atomic mass is 16.6. The van der Waals surface area contributed by atoms with Crippen molar-refractivity contribution in [3.8, 4) is 0 Å². The third kappa shape index (κ3) is 2.82. The van der Waals surface area contributed by atoms with Crippen LogP contribution in [-0.2, 0) is 9.47 Å². The molecule has 6 aliphatic rings. The molecule has 0 aromatic carbocycles. The molecule has 32 heavy (non-hydrogen) atoms. The Hall–Kier alpha value is -0.420. The van der Waals surface area contributed by atoms with Crippen molar-refractivity contribution in [2.75, 3.05) is 40.8 Å². The first-order chi connectivity index (χ1) is 15.3. The number of ether oxygens (including phenoxy) is 2. The average molecular weight is 443 g/mol. The summed E-state index contributed by atoms with van der Waals surface area (Å²) >= 11 is 0. The van der Waals surface area contributed by atoms with Crippen LogP contribution >= 0.6 is 0 Å². The van der Waals surface area contributed by atoms with E-state index in [9.17, 15) is 0 Å². The van der Waals surface area contributed by atoms with Crippen LogP contribution in [0.3, 0.4) is 0 Å². The third-order valence-corrected chi connectivity index (χ3v) is 12.0. The zero-order valence-corrected chi connectivity index (χ0v) is 21.3. The molecule has 5 fully saturated rings. The lowest BCUT2D eigenvalue weighted by Crippen LogP contribution is -2.56. The van der Waals surface area contributed by atoms with E-state index in [1.54, 1.807) is 5.57 Å². The van der Waals surface area contributed by atoms with E-state index in [1.165, 1.54) is 77.3 Å². The lowest BCUT2D eigenvalue weighted by Gasteiger charge is -2.59. The molecule has 2 saturated heterocycles. The third-order valence-electron chi connectivity index (χ3n) is 12.0. The number of likely N-dealkylation sites (tertiary alicyclic amines) is 1. The number of hydrogen-bond acceptors (Lipinski definition) is 4. The number of allylic oxidation sites excluding steroid dienone is 1. The second-order valence-corrected chi connectivity index (χ2v) is 13.1. The fourth-order valence-corrected chi connectivity index (χ4v) is 9.80. The molecule has 2 heterocycles. The van der Waals surface area contributed by atoms with Gasteiger partial charge in [-0.1, -0.05) is 25.5 Å². The highest BCUT2D eigenvalue weighted by Gasteiger charge is 2.69. The van der Waals surface area contributed by atoms with E-state index >= 15 is 0 Å².